The van der Waals surface area contributed by atoms with Crippen LogP contribution in [-0.4, -0.2) is 55.1 Å². The first-order valence-electron chi connectivity index (χ1n) is 11.4. The van der Waals surface area contributed by atoms with Gasteiger partial charge >= 0.3 is 5.97 Å². The van der Waals surface area contributed by atoms with Crippen molar-refractivity contribution in [2.24, 2.45) is 11.8 Å². The monoisotopic (exact) mass is 406 g/mol. The van der Waals surface area contributed by atoms with E-state index in [1.165, 1.54) is 11.1 Å². The molecule has 2 atom stereocenters. The molecule has 0 saturated carbocycles. The summed E-state index contributed by atoms with van der Waals surface area (Å²) in [7, 11) is 0. The van der Waals surface area contributed by atoms with E-state index in [0.717, 1.165) is 52.1 Å². The van der Waals surface area contributed by atoms with Gasteiger partial charge in [0, 0.05) is 32.1 Å². The first-order valence-corrected chi connectivity index (χ1v) is 11.4. The predicted molar refractivity (Wildman–Crippen MR) is 120 cm³/mol. The number of esters is 1. The lowest BCUT2D eigenvalue weighted by Crippen LogP contribution is -2.40. The number of hydrogen-bond donors (Lipinski definition) is 0. The Morgan fingerprint density at radius 1 is 0.933 bits per heavy atom. The number of carbonyl (C=O) groups is 1. The molecule has 2 aromatic rings. The molecule has 4 rings (SSSR count). The maximum Gasteiger partial charge on any atom is 0.309 e. The second-order valence-corrected chi connectivity index (χ2v) is 8.78. The third-order valence-electron chi connectivity index (χ3n) is 6.69. The Balaban J connectivity index is 1.39. The molecule has 160 valence electrons. The quantitative estimate of drug-likeness (QED) is 0.646. The minimum Gasteiger partial charge on any atom is -0.466 e. The number of piperidine rings is 1. The second kappa shape index (κ2) is 10.2. The minimum absolute atomic E-state index is 0.00536. The van der Waals surface area contributed by atoms with Crippen molar-refractivity contribution in [1.29, 1.82) is 0 Å². The maximum absolute atomic E-state index is 12.1. The van der Waals surface area contributed by atoms with Gasteiger partial charge in [0.1, 0.15) is 0 Å². The SMILES string of the molecule is CCOC(=O)C1CCN(CC2CN(Cc3ccccc3)CC2c2ccccc2)CC1. The molecule has 2 fully saturated rings. The number of rotatable bonds is 7. The first-order chi connectivity index (χ1) is 14.7. The topological polar surface area (TPSA) is 32.8 Å². The molecule has 0 radical (unpaired) electrons. The van der Waals surface area contributed by atoms with E-state index in [4.69, 9.17) is 4.74 Å². The summed E-state index contributed by atoms with van der Waals surface area (Å²) in [6.45, 7) is 8.75. The number of carbonyl (C=O) groups excluding carboxylic acids is 1. The van der Waals surface area contributed by atoms with Crippen molar-refractivity contribution in [2.45, 2.75) is 32.2 Å². The van der Waals surface area contributed by atoms with Crippen LogP contribution in [0.5, 0.6) is 0 Å². The molecule has 0 spiro atoms. The fourth-order valence-electron chi connectivity index (χ4n) is 5.14. The normalized spacial score (nSPS) is 23.5. The Morgan fingerprint density at radius 2 is 1.60 bits per heavy atom. The Morgan fingerprint density at radius 3 is 2.27 bits per heavy atom. The molecule has 0 N–H and O–H groups in total. The molecule has 2 aliphatic rings. The average Bonchev–Trinajstić information content (AvgIpc) is 3.17. The standard InChI is InChI=1S/C26H34N2O2/c1-2-30-26(29)23-13-15-27(16-14-23)18-24-19-28(17-21-9-5-3-6-10-21)20-25(24)22-11-7-4-8-12-22/h3-12,23-25H,2,13-20H2,1H3. The Hall–Kier alpha value is -2.17. The summed E-state index contributed by atoms with van der Waals surface area (Å²) in [5.74, 6) is 1.27. The van der Waals surface area contributed by atoms with Crippen LogP contribution in [-0.2, 0) is 16.1 Å². The summed E-state index contributed by atoms with van der Waals surface area (Å²) in [4.78, 5) is 17.2. The van der Waals surface area contributed by atoms with Gasteiger partial charge in [0.05, 0.1) is 12.5 Å². The summed E-state index contributed by atoms with van der Waals surface area (Å²) >= 11 is 0. The van der Waals surface area contributed by atoms with Crippen LogP contribution in [0.3, 0.4) is 0 Å². The highest BCUT2D eigenvalue weighted by molar-refractivity contribution is 5.72. The molecule has 4 nitrogen and oxygen atoms in total. The molecular weight excluding hydrogens is 372 g/mol. The highest BCUT2D eigenvalue weighted by Gasteiger charge is 2.36. The summed E-state index contributed by atoms with van der Waals surface area (Å²) in [6.07, 6.45) is 1.85. The lowest BCUT2D eigenvalue weighted by molar-refractivity contribution is -0.149. The van der Waals surface area contributed by atoms with Crippen molar-refractivity contribution in [1.82, 2.24) is 9.80 Å². The second-order valence-electron chi connectivity index (χ2n) is 8.78. The fraction of sp³-hybridized carbons (Fsp3) is 0.500. The summed E-state index contributed by atoms with van der Waals surface area (Å²) in [5.41, 5.74) is 2.85. The van der Waals surface area contributed by atoms with E-state index < -0.39 is 0 Å². The van der Waals surface area contributed by atoms with Crippen LogP contribution in [0.1, 0.15) is 36.8 Å². The van der Waals surface area contributed by atoms with E-state index in [2.05, 4.69) is 70.5 Å². The van der Waals surface area contributed by atoms with Crippen LogP contribution in [0.4, 0.5) is 0 Å². The largest absolute Gasteiger partial charge is 0.466 e. The van der Waals surface area contributed by atoms with E-state index >= 15 is 0 Å². The Bertz CT molecular complexity index is 787. The molecule has 2 saturated heterocycles. The van der Waals surface area contributed by atoms with Gasteiger partial charge in [-0.05, 0) is 49.9 Å². The van der Waals surface area contributed by atoms with Gasteiger partial charge in [0.25, 0.3) is 0 Å². The highest BCUT2D eigenvalue weighted by atomic mass is 16.5. The maximum atomic E-state index is 12.1. The molecule has 2 aromatic carbocycles. The summed E-state index contributed by atoms with van der Waals surface area (Å²) in [6, 6.07) is 21.8. The summed E-state index contributed by atoms with van der Waals surface area (Å²) < 4.78 is 5.23. The van der Waals surface area contributed by atoms with Crippen molar-refractivity contribution < 1.29 is 9.53 Å². The van der Waals surface area contributed by atoms with Crippen molar-refractivity contribution in [3.63, 3.8) is 0 Å². The zero-order valence-electron chi connectivity index (χ0n) is 18.1. The van der Waals surface area contributed by atoms with Crippen LogP contribution in [0, 0.1) is 11.8 Å². The van der Waals surface area contributed by atoms with Crippen molar-refractivity contribution in [3.8, 4) is 0 Å². The third kappa shape index (κ3) is 5.30. The van der Waals surface area contributed by atoms with Crippen molar-refractivity contribution in [2.75, 3.05) is 39.3 Å². The molecule has 4 heteroatoms. The molecule has 2 heterocycles. The first kappa shape index (κ1) is 21.1. The molecule has 0 amide bonds. The smallest absolute Gasteiger partial charge is 0.309 e. The van der Waals surface area contributed by atoms with Gasteiger partial charge in [0.2, 0.25) is 0 Å². The molecule has 0 aliphatic carbocycles. The van der Waals surface area contributed by atoms with E-state index in [1.807, 2.05) is 6.92 Å². The van der Waals surface area contributed by atoms with Gasteiger partial charge in [-0.15, -0.1) is 0 Å². The average molecular weight is 407 g/mol. The highest BCUT2D eigenvalue weighted by Crippen LogP contribution is 2.35. The van der Waals surface area contributed by atoms with Gasteiger partial charge in [-0.1, -0.05) is 60.7 Å². The van der Waals surface area contributed by atoms with Crippen LogP contribution in [0.25, 0.3) is 0 Å². The summed E-state index contributed by atoms with van der Waals surface area (Å²) in [5, 5.41) is 0. The molecule has 30 heavy (non-hydrogen) atoms. The molecule has 0 aromatic heterocycles. The van der Waals surface area contributed by atoms with Gasteiger partial charge in [0.15, 0.2) is 0 Å². The van der Waals surface area contributed by atoms with Gasteiger partial charge in [-0.25, -0.2) is 0 Å². The zero-order valence-corrected chi connectivity index (χ0v) is 18.1. The van der Waals surface area contributed by atoms with Crippen LogP contribution >= 0.6 is 0 Å². The van der Waals surface area contributed by atoms with E-state index in [1.54, 1.807) is 0 Å². The third-order valence-corrected chi connectivity index (χ3v) is 6.69. The van der Waals surface area contributed by atoms with Gasteiger partial charge < -0.3 is 9.64 Å². The Labute approximate surface area is 180 Å². The van der Waals surface area contributed by atoms with Gasteiger partial charge in [-0.2, -0.15) is 0 Å². The number of ether oxygens (including phenoxy) is 1. The molecular formula is C26H34N2O2. The van der Waals surface area contributed by atoms with Crippen molar-refractivity contribution >= 4 is 5.97 Å². The molecule has 2 aliphatic heterocycles. The number of hydrogen-bond acceptors (Lipinski definition) is 4. The zero-order chi connectivity index (χ0) is 20.8. The Kier molecular flexibility index (Phi) is 7.19. The predicted octanol–water partition coefficient (Wildman–Crippen LogP) is 4.18. The lowest BCUT2D eigenvalue weighted by atomic mass is 9.87. The van der Waals surface area contributed by atoms with Crippen LogP contribution in [0.2, 0.25) is 0 Å². The van der Waals surface area contributed by atoms with E-state index in [-0.39, 0.29) is 11.9 Å². The lowest BCUT2D eigenvalue weighted by Gasteiger charge is -2.33. The molecule has 0 bridgehead atoms. The molecule has 2 unspecified atom stereocenters. The number of nitrogens with zero attached hydrogens (tertiary/aromatic N) is 2. The number of likely N-dealkylation sites (tertiary alicyclic amines) is 2. The van der Waals surface area contributed by atoms with Crippen LogP contribution in [0.15, 0.2) is 60.7 Å². The minimum atomic E-state index is -0.00536. The van der Waals surface area contributed by atoms with Crippen LogP contribution < -0.4 is 0 Å². The fourth-order valence-corrected chi connectivity index (χ4v) is 5.14. The van der Waals surface area contributed by atoms with Gasteiger partial charge in [-0.3, -0.25) is 9.69 Å². The van der Waals surface area contributed by atoms with Crippen molar-refractivity contribution in [3.05, 3.63) is 71.8 Å². The van der Waals surface area contributed by atoms with E-state index in [9.17, 15) is 4.79 Å². The number of benzene rings is 2. The van der Waals surface area contributed by atoms with E-state index in [0.29, 0.717) is 18.4 Å².